The van der Waals surface area contributed by atoms with Crippen molar-refractivity contribution in [3.8, 4) is 0 Å². The number of hydrogen-bond donors (Lipinski definition) is 2. The largest absolute Gasteiger partial charge is 0.326 e. The second-order valence-electron chi connectivity index (χ2n) is 4.91. The van der Waals surface area contributed by atoms with E-state index in [1.165, 1.54) is 23.6 Å². The molecule has 114 valence electrons. The SMILES string of the molecule is CC(C)Cc1nnc(NS(=O)(=O)c2ccc(CN)cn2)s1. The summed E-state index contributed by atoms with van der Waals surface area (Å²) in [4.78, 5) is 3.90. The van der Waals surface area contributed by atoms with Gasteiger partial charge in [-0.05, 0) is 17.5 Å². The van der Waals surface area contributed by atoms with Gasteiger partial charge in [0.05, 0.1) is 0 Å². The molecule has 2 heterocycles. The first kappa shape index (κ1) is 15.8. The van der Waals surface area contributed by atoms with Gasteiger partial charge in [0.1, 0.15) is 5.01 Å². The van der Waals surface area contributed by atoms with Crippen molar-refractivity contribution in [3.05, 3.63) is 28.9 Å². The average Bonchev–Trinajstić information content (AvgIpc) is 2.84. The van der Waals surface area contributed by atoms with Crippen molar-refractivity contribution < 1.29 is 8.42 Å². The van der Waals surface area contributed by atoms with Crippen molar-refractivity contribution in [2.24, 2.45) is 11.7 Å². The Balaban J connectivity index is 2.14. The van der Waals surface area contributed by atoms with Crippen molar-refractivity contribution in [1.82, 2.24) is 15.2 Å². The summed E-state index contributed by atoms with van der Waals surface area (Å²) in [5.74, 6) is 0.438. The summed E-state index contributed by atoms with van der Waals surface area (Å²) in [7, 11) is -3.75. The van der Waals surface area contributed by atoms with Crippen LogP contribution in [0.2, 0.25) is 0 Å². The summed E-state index contributed by atoms with van der Waals surface area (Å²) in [6, 6.07) is 3.05. The van der Waals surface area contributed by atoms with Crippen molar-refractivity contribution in [2.45, 2.75) is 31.8 Å². The fourth-order valence-corrected chi connectivity index (χ4v) is 3.70. The summed E-state index contributed by atoms with van der Waals surface area (Å²) in [5.41, 5.74) is 6.22. The quantitative estimate of drug-likeness (QED) is 0.829. The highest BCUT2D eigenvalue weighted by Gasteiger charge is 2.18. The third kappa shape index (κ3) is 4.19. The topological polar surface area (TPSA) is 111 Å². The third-order valence-electron chi connectivity index (χ3n) is 2.58. The summed E-state index contributed by atoms with van der Waals surface area (Å²) < 4.78 is 26.7. The van der Waals surface area contributed by atoms with Gasteiger partial charge in [-0.1, -0.05) is 31.3 Å². The Kier molecular flexibility index (Phi) is 4.86. The zero-order valence-electron chi connectivity index (χ0n) is 11.8. The van der Waals surface area contributed by atoms with Gasteiger partial charge in [0, 0.05) is 19.2 Å². The lowest BCUT2D eigenvalue weighted by Gasteiger charge is -2.04. The van der Waals surface area contributed by atoms with Gasteiger partial charge >= 0.3 is 0 Å². The van der Waals surface area contributed by atoms with E-state index in [2.05, 4.69) is 33.8 Å². The van der Waals surface area contributed by atoms with Crippen LogP contribution in [0.5, 0.6) is 0 Å². The van der Waals surface area contributed by atoms with Crippen LogP contribution in [0.25, 0.3) is 0 Å². The lowest BCUT2D eigenvalue weighted by Crippen LogP contribution is -2.14. The van der Waals surface area contributed by atoms with Gasteiger partial charge in [0.25, 0.3) is 10.0 Å². The summed E-state index contributed by atoms with van der Waals surface area (Å²) in [6.07, 6.45) is 2.21. The lowest BCUT2D eigenvalue weighted by molar-refractivity contribution is 0.597. The monoisotopic (exact) mass is 327 g/mol. The van der Waals surface area contributed by atoms with E-state index in [0.29, 0.717) is 12.5 Å². The smallest absolute Gasteiger partial charge is 0.281 e. The molecule has 0 amide bonds. The first-order valence-electron chi connectivity index (χ1n) is 6.41. The van der Waals surface area contributed by atoms with Crippen LogP contribution in [-0.2, 0) is 23.0 Å². The third-order valence-corrected chi connectivity index (χ3v) is 4.82. The minimum absolute atomic E-state index is 0.0692. The molecule has 9 heteroatoms. The van der Waals surface area contributed by atoms with Gasteiger partial charge in [-0.25, -0.2) is 4.98 Å². The molecule has 3 N–H and O–H groups in total. The summed E-state index contributed by atoms with van der Waals surface area (Å²) >= 11 is 1.23. The fraction of sp³-hybridized carbons (Fsp3) is 0.417. The molecule has 0 aliphatic rings. The van der Waals surface area contributed by atoms with E-state index in [1.807, 2.05) is 0 Å². The molecule has 0 saturated heterocycles. The zero-order chi connectivity index (χ0) is 15.5. The van der Waals surface area contributed by atoms with E-state index in [0.717, 1.165) is 17.0 Å². The highest BCUT2D eigenvalue weighted by atomic mass is 32.2. The fourth-order valence-electron chi connectivity index (χ4n) is 1.58. The van der Waals surface area contributed by atoms with Gasteiger partial charge < -0.3 is 5.73 Å². The molecule has 0 fully saturated rings. The minimum Gasteiger partial charge on any atom is -0.326 e. The van der Waals surface area contributed by atoms with Gasteiger partial charge in [0.2, 0.25) is 5.13 Å². The number of anilines is 1. The molecular weight excluding hydrogens is 310 g/mol. The number of hydrogen-bond acceptors (Lipinski definition) is 7. The Morgan fingerprint density at radius 2 is 2.10 bits per heavy atom. The van der Waals surface area contributed by atoms with Gasteiger partial charge in [-0.3, -0.25) is 4.72 Å². The van der Waals surface area contributed by atoms with Gasteiger partial charge in [0.15, 0.2) is 5.03 Å². The first-order chi connectivity index (χ1) is 9.90. The first-order valence-corrected chi connectivity index (χ1v) is 8.71. The molecule has 0 spiro atoms. The van der Waals surface area contributed by atoms with Gasteiger partial charge in [-0.2, -0.15) is 8.42 Å². The van der Waals surface area contributed by atoms with E-state index in [-0.39, 0.29) is 10.2 Å². The number of pyridine rings is 1. The molecular formula is C12H17N5O2S2. The lowest BCUT2D eigenvalue weighted by atomic mass is 10.1. The Labute approximate surface area is 127 Å². The van der Waals surface area contributed by atoms with E-state index < -0.39 is 10.0 Å². The summed E-state index contributed by atoms with van der Waals surface area (Å²) in [5, 5.41) is 8.79. The molecule has 2 aromatic rings. The highest BCUT2D eigenvalue weighted by Crippen LogP contribution is 2.21. The normalized spacial score (nSPS) is 11.8. The molecule has 0 saturated carbocycles. The summed E-state index contributed by atoms with van der Waals surface area (Å²) in [6.45, 7) is 4.44. The zero-order valence-corrected chi connectivity index (χ0v) is 13.4. The average molecular weight is 327 g/mol. The number of nitrogens with one attached hydrogen (secondary N) is 1. The van der Waals surface area contributed by atoms with Crippen LogP contribution in [0.4, 0.5) is 5.13 Å². The molecule has 2 aromatic heterocycles. The number of nitrogens with two attached hydrogens (primary N) is 1. The van der Waals surface area contributed by atoms with Crippen molar-refractivity contribution in [1.29, 1.82) is 0 Å². The van der Waals surface area contributed by atoms with Gasteiger partial charge in [-0.15, -0.1) is 10.2 Å². The van der Waals surface area contributed by atoms with Crippen molar-refractivity contribution >= 4 is 26.5 Å². The standard InChI is InChI=1S/C12H17N5O2S2/c1-8(2)5-10-15-16-12(20-10)17-21(18,19)11-4-3-9(6-13)7-14-11/h3-4,7-8H,5-6,13H2,1-2H3,(H,16,17). The van der Waals surface area contributed by atoms with E-state index in [4.69, 9.17) is 5.73 Å². The van der Waals surface area contributed by atoms with E-state index in [9.17, 15) is 8.42 Å². The van der Waals surface area contributed by atoms with Crippen LogP contribution in [0.15, 0.2) is 23.4 Å². The van der Waals surface area contributed by atoms with Crippen molar-refractivity contribution in [3.63, 3.8) is 0 Å². The van der Waals surface area contributed by atoms with Crippen LogP contribution >= 0.6 is 11.3 Å². The maximum atomic E-state index is 12.2. The molecule has 0 radical (unpaired) electrons. The van der Waals surface area contributed by atoms with Crippen LogP contribution in [-0.4, -0.2) is 23.6 Å². The molecule has 7 nitrogen and oxygen atoms in total. The molecule has 0 atom stereocenters. The highest BCUT2D eigenvalue weighted by molar-refractivity contribution is 7.92. The molecule has 0 unspecified atom stereocenters. The Hall–Kier alpha value is -1.58. The number of nitrogens with zero attached hydrogens (tertiary/aromatic N) is 3. The second kappa shape index (κ2) is 6.46. The minimum atomic E-state index is -3.75. The van der Waals surface area contributed by atoms with Crippen molar-refractivity contribution in [2.75, 3.05) is 4.72 Å². The Bertz CT molecular complexity index is 695. The number of aromatic nitrogens is 3. The maximum absolute atomic E-state index is 12.2. The molecule has 21 heavy (non-hydrogen) atoms. The molecule has 0 aliphatic carbocycles. The molecule has 0 bridgehead atoms. The van der Waals surface area contributed by atoms with Crippen LogP contribution in [0.1, 0.15) is 24.4 Å². The van der Waals surface area contributed by atoms with E-state index >= 15 is 0 Å². The molecule has 2 rings (SSSR count). The number of sulfonamides is 1. The predicted molar refractivity (Wildman–Crippen MR) is 81.4 cm³/mol. The Morgan fingerprint density at radius 3 is 2.67 bits per heavy atom. The van der Waals surface area contributed by atoms with Crippen LogP contribution in [0, 0.1) is 5.92 Å². The van der Waals surface area contributed by atoms with Crippen LogP contribution in [0.3, 0.4) is 0 Å². The maximum Gasteiger partial charge on any atom is 0.281 e. The van der Waals surface area contributed by atoms with E-state index in [1.54, 1.807) is 6.07 Å². The molecule has 0 aromatic carbocycles. The Morgan fingerprint density at radius 1 is 1.33 bits per heavy atom. The molecule has 0 aliphatic heterocycles. The number of rotatable bonds is 6. The predicted octanol–water partition coefficient (Wildman–Crippen LogP) is 1.39. The second-order valence-corrected chi connectivity index (χ2v) is 7.60. The van der Waals surface area contributed by atoms with Crippen LogP contribution < -0.4 is 10.5 Å².